The molecule has 1 aromatic heterocycles. The van der Waals surface area contributed by atoms with Crippen LogP contribution in [0.2, 0.25) is 0 Å². The Bertz CT molecular complexity index is 610. The summed E-state index contributed by atoms with van der Waals surface area (Å²) in [6.45, 7) is 0. The molecule has 2 nitrogen and oxygen atoms in total. The maximum absolute atomic E-state index is 5.91. The molecule has 0 spiro atoms. The fraction of sp³-hybridized carbons (Fsp3) is 0. The second kappa shape index (κ2) is 2.51. The summed E-state index contributed by atoms with van der Waals surface area (Å²) < 4.78 is 5.43. The summed E-state index contributed by atoms with van der Waals surface area (Å²) in [5.74, 6) is 0. The molecule has 2 N–H and O–H groups in total. The van der Waals surface area contributed by atoms with Crippen molar-refractivity contribution >= 4 is 27.4 Å². The fourth-order valence-corrected chi connectivity index (χ4v) is 1.82. The van der Waals surface area contributed by atoms with Gasteiger partial charge in [-0.1, -0.05) is 24.3 Å². The standard InChI is InChI=1S/C12H9NO/c13-11-7-8-3-1-2-4-9(8)12-10(11)5-6-14-12/h1-7H,13H2. The Morgan fingerprint density at radius 3 is 2.79 bits per heavy atom. The minimum absolute atomic E-state index is 0.771. The van der Waals surface area contributed by atoms with Crippen molar-refractivity contribution in [2.75, 3.05) is 5.73 Å². The van der Waals surface area contributed by atoms with Crippen LogP contribution < -0.4 is 5.73 Å². The molecule has 0 aliphatic heterocycles. The van der Waals surface area contributed by atoms with E-state index >= 15 is 0 Å². The number of benzene rings is 2. The summed E-state index contributed by atoms with van der Waals surface area (Å²) in [7, 11) is 0. The van der Waals surface area contributed by atoms with Crippen molar-refractivity contribution in [2.45, 2.75) is 0 Å². The first-order chi connectivity index (χ1) is 6.86. The molecule has 0 saturated carbocycles. The number of anilines is 1. The van der Waals surface area contributed by atoms with E-state index in [-0.39, 0.29) is 0 Å². The third-order valence-corrected chi connectivity index (χ3v) is 2.49. The predicted molar refractivity (Wildman–Crippen MR) is 58.1 cm³/mol. The molecule has 3 rings (SSSR count). The van der Waals surface area contributed by atoms with E-state index < -0.39 is 0 Å². The molecule has 0 atom stereocenters. The van der Waals surface area contributed by atoms with Crippen LogP contribution in [0.4, 0.5) is 5.69 Å². The lowest BCUT2D eigenvalue weighted by Crippen LogP contribution is -1.85. The SMILES string of the molecule is Nc1cc2ccccc2c2occc12. The van der Waals surface area contributed by atoms with Gasteiger partial charge < -0.3 is 10.2 Å². The van der Waals surface area contributed by atoms with Crippen LogP contribution >= 0.6 is 0 Å². The zero-order valence-corrected chi connectivity index (χ0v) is 7.53. The van der Waals surface area contributed by atoms with Gasteiger partial charge in [0.05, 0.1) is 6.26 Å². The van der Waals surface area contributed by atoms with E-state index in [2.05, 4.69) is 0 Å². The molecule has 14 heavy (non-hydrogen) atoms. The van der Waals surface area contributed by atoms with E-state index in [9.17, 15) is 0 Å². The van der Waals surface area contributed by atoms with Gasteiger partial charge in [-0.2, -0.15) is 0 Å². The molecule has 0 amide bonds. The van der Waals surface area contributed by atoms with E-state index in [0.717, 1.165) is 27.4 Å². The van der Waals surface area contributed by atoms with Crippen molar-refractivity contribution in [1.29, 1.82) is 0 Å². The number of rotatable bonds is 0. The second-order valence-electron chi connectivity index (χ2n) is 3.35. The van der Waals surface area contributed by atoms with Crippen LogP contribution in [0.3, 0.4) is 0 Å². The highest BCUT2D eigenvalue weighted by molar-refractivity contribution is 6.09. The fourth-order valence-electron chi connectivity index (χ4n) is 1.82. The molecule has 1 heterocycles. The number of fused-ring (bicyclic) bond motifs is 3. The molecule has 0 aliphatic rings. The normalized spacial score (nSPS) is 11.1. The molecular formula is C12H9NO. The predicted octanol–water partition coefficient (Wildman–Crippen LogP) is 3.17. The van der Waals surface area contributed by atoms with Gasteiger partial charge in [-0.3, -0.25) is 0 Å². The number of nitrogen functional groups attached to an aromatic ring is 1. The lowest BCUT2D eigenvalue weighted by Gasteiger charge is -2.00. The monoisotopic (exact) mass is 183 g/mol. The molecule has 0 unspecified atom stereocenters. The molecule has 68 valence electrons. The van der Waals surface area contributed by atoms with E-state index in [4.69, 9.17) is 10.2 Å². The Labute approximate surface area is 80.9 Å². The van der Waals surface area contributed by atoms with Gasteiger partial charge in [-0.05, 0) is 17.5 Å². The van der Waals surface area contributed by atoms with E-state index in [0.29, 0.717) is 0 Å². The first kappa shape index (κ1) is 7.44. The van der Waals surface area contributed by atoms with Crippen molar-refractivity contribution < 1.29 is 4.42 Å². The molecule has 0 radical (unpaired) electrons. The molecule has 0 fully saturated rings. The lowest BCUT2D eigenvalue weighted by molar-refractivity contribution is 0.619. The van der Waals surface area contributed by atoms with Gasteiger partial charge in [0.2, 0.25) is 0 Å². The van der Waals surface area contributed by atoms with E-state index in [1.807, 2.05) is 36.4 Å². The molecule has 0 bridgehead atoms. The average molecular weight is 183 g/mol. The highest BCUT2D eigenvalue weighted by Crippen LogP contribution is 2.30. The van der Waals surface area contributed by atoms with E-state index in [1.165, 1.54) is 0 Å². The summed E-state index contributed by atoms with van der Waals surface area (Å²) in [6.07, 6.45) is 1.67. The summed E-state index contributed by atoms with van der Waals surface area (Å²) in [4.78, 5) is 0. The Morgan fingerprint density at radius 2 is 1.86 bits per heavy atom. The Kier molecular flexibility index (Phi) is 1.34. The maximum atomic E-state index is 5.91. The van der Waals surface area contributed by atoms with Crippen LogP contribution in [0.25, 0.3) is 21.7 Å². The summed E-state index contributed by atoms with van der Waals surface area (Å²) in [5.41, 5.74) is 7.55. The summed E-state index contributed by atoms with van der Waals surface area (Å²) in [5, 5.41) is 3.22. The van der Waals surface area contributed by atoms with Crippen LogP contribution in [0.1, 0.15) is 0 Å². The first-order valence-corrected chi connectivity index (χ1v) is 4.51. The van der Waals surface area contributed by atoms with Crippen LogP contribution in [0.5, 0.6) is 0 Å². The van der Waals surface area contributed by atoms with Gasteiger partial charge in [0.1, 0.15) is 5.58 Å². The quantitative estimate of drug-likeness (QED) is 0.544. The molecule has 2 aromatic carbocycles. The zero-order chi connectivity index (χ0) is 9.54. The first-order valence-electron chi connectivity index (χ1n) is 4.51. The van der Waals surface area contributed by atoms with Crippen LogP contribution in [0.15, 0.2) is 47.1 Å². The van der Waals surface area contributed by atoms with Gasteiger partial charge in [-0.25, -0.2) is 0 Å². The van der Waals surface area contributed by atoms with Crippen LogP contribution in [-0.2, 0) is 0 Å². The Hall–Kier alpha value is -1.96. The topological polar surface area (TPSA) is 39.2 Å². The average Bonchev–Trinajstić information content (AvgIpc) is 2.67. The molecular weight excluding hydrogens is 174 g/mol. The number of hydrogen-bond donors (Lipinski definition) is 1. The van der Waals surface area contributed by atoms with E-state index in [1.54, 1.807) is 6.26 Å². The molecule has 0 aliphatic carbocycles. The number of nitrogens with two attached hydrogens (primary N) is 1. The second-order valence-corrected chi connectivity index (χ2v) is 3.35. The van der Waals surface area contributed by atoms with Crippen molar-refractivity contribution in [2.24, 2.45) is 0 Å². The minimum atomic E-state index is 0.771. The van der Waals surface area contributed by atoms with Crippen molar-refractivity contribution in [3.8, 4) is 0 Å². The zero-order valence-electron chi connectivity index (χ0n) is 7.53. The van der Waals surface area contributed by atoms with Crippen molar-refractivity contribution in [1.82, 2.24) is 0 Å². The largest absolute Gasteiger partial charge is 0.464 e. The highest BCUT2D eigenvalue weighted by Gasteiger charge is 2.05. The maximum Gasteiger partial charge on any atom is 0.143 e. The minimum Gasteiger partial charge on any atom is -0.464 e. The molecule has 0 saturated heterocycles. The lowest BCUT2D eigenvalue weighted by atomic mass is 10.1. The van der Waals surface area contributed by atoms with Crippen LogP contribution in [-0.4, -0.2) is 0 Å². The van der Waals surface area contributed by atoms with Crippen molar-refractivity contribution in [3.63, 3.8) is 0 Å². The number of hydrogen-bond acceptors (Lipinski definition) is 2. The van der Waals surface area contributed by atoms with Gasteiger partial charge >= 0.3 is 0 Å². The van der Waals surface area contributed by atoms with Crippen molar-refractivity contribution in [3.05, 3.63) is 42.7 Å². The smallest absolute Gasteiger partial charge is 0.143 e. The van der Waals surface area contributed by atoms with Gasteiger partial charge in [0, 0.05) is 16.5 Å². The van der Waals surface area contributed by atoms with Gasteiger partial charge in [0.15, 0.2) is 0 Å². The number of furan rings is 1. The Balaban J connectivity index is 2.66. The summed E-state index contributed by atoms with van der Waals surface area (Å²) >= 11 is 0. The third-order valence-electron chi connectivity index (χ3n) is 2.49. The highest BCUT2D eigenvalue weighted by atomic mass is 16.3. The van der Waals surface area contributed by atoms with Gasteiger partial charge in [0.25, 0.3) is 0 Å². The molecule has 3 aromatic rings. The molecule has 2 heteroatoms. The summed E-state index contributed by atoms with van der Waals surface area (Å²) in [6, 6.07) is 12.0. The van der Waals surface area contributed by atoms with Gasteiger partial charge in [-0.15, -0.1) is 0 Å². The Morgan fingerprint density at radius 1 is 1.00 bits per heavy atom. The third kappa shape index (κ3) is 0.852. The van der Waals surface area contributed by atoms with Crippen LogP contribution in [0, 0.1) is 0 Å².